The number of aromatic nitrogens is 2. The first-order chi connectivity index (χ1) is 9.70. The summed E-state index contributed by atoms with van der Waals surface area (Å²) in [4.78, 5) is 20.8. The molecule has 0 spiro atoms. The number of hydrogen-bond acceptors (Lipinski definition) is 4. The largest absolute Gasteiger partial charge is 0.464 e. The van der Waals surface area contributed by atoms with Gasteiger partial charge in [-0.05, 0) is 47.1 Å². The van der Waals surface area contributed by atoms with Crippen LogP contribution in [0, 0.1) is 3.57 Å². The molecular weight excluding hydrogens is 367 g/mol. The van der Waals surface area contributed by atoms with Crippen LogP contribution in [0.3, 0.4) is 0 Å². The fourth-order valence-corrected chi connectivity index (χ4v) is 2.74. The number of hydrogen-bond donors (Lipinski definition) is 0. The second kappa shape index (κ2) is 5.47. The lowest BCUT2D eigenvalue weighted by Crippen LogP contribution is -2.10. The molecular formula is C15H13IN2O2. The Kier molecular flexibility index (Phi) is 3.69. The van der Waals surface area contributed by atoms with Gasteiger partial charge >= 0.3 is 5.97 Å². The number of esters is 1. The highest BCUT2D eigenvalue weighted by Crippen LogP contribution is 2.39. The summed E-state index contributed by atoms with van der Waals surface area (Å²) >= 11 is 2.24. The Hall–Kier alpha value is -1.50. The third kappa shape index (κ3) is 2.54. The first kappa shape index (κ1) is 13.5. The SMILES string of the molecule is COC(=O)c1nc(C2CC2)ncc1-c1ccccc1I. The molecule has 1 aromatic heterocycles. The van der Waals surface area contributed by atoms with Crippen molar-refractivity contribution in [3.8, 4) is 11.1 Å². The smallest absolute Gasteiger partial charge is 0.357 e. The molecule has 0 bridgehead atoms. The van der Waals surface area contributed by atoms with E-state index in [0.29, 0.717) is 11.6 Å². The quantitative estimate of drug-likeness (QED) is 0.605. The molecule has 4 nitrogen and oxygen atoms in total. The summed E-state index contributed by atoms with van der Waals surface area (Å²) < 4.78 is 5.92. The fourth-order valence-electron chi connectivity index (χ4n) is 2.06. The standard InChI is InChI=1S/C15H13IN2O2/c1-20-15(19)13-11(10-4-2-3-5-12(10)16)8-17-14(18-13)9-6-7-9/h2-5,8-9H,6-7H2,1H3. The van der Waals surface area contributed by atoms with E-state index in [9.17, 15) is 4.79 Å². The van der Waals surface area contributed by atoms with Crippen molar-refractivity contribution >= 4 is 28.6 Å². The molecule has 3 rings (SSSR count). The minimum absolute atomic E-state index is 0.355. The zero-order chi connectivity index (χ0) is 14.1. The van der Waals surface area contributed by atoms with Crippen molar-refractivity contribution in [3.05, 3.63) is 45.6 Å². The normalized spacial score (nSPS) is 14.1. The molecule has 1 saturated carbocycles. The zero-order valence-corrected chi connectivity index (χ0v) is 13.1. The van der Waals surface area contributed by atoms with Crippen molar-refractivity contribution in [1.82, 2.24) is 9.97 Å². The molecule has 0 unspecified atom stereocenters. The molecule has 0 amide bonds. The van der Waals surface area contributed by atoms with E-state index >= 15 is 0 Å². The molecule has 0 radical (unpaired) electrons. The Morgan fingerprint density at radius 2 is 2.05 bits per heavy atom. The summed E-state index contributed by atoms with van der Waals surface area (Å²) in [5, 5.41) is 0. The van der Waals surface area contributed by atoms with Gasteiger partial charge in [-0.2, -0.15) is 0 Å². The number of ether oxygens (including phenoxy) is 1. The van der Waals surface area contributed by atoms with E-state index in [2.05, 4.69) is 32.6 Å². The molecule has 1 aliphatic rings. The number of carbonyl (C=O) groups is 1. The van der Waals surface area contributed by atoms with Gasteiger partial charge in [-0.3, -0.25) is 0 Å². The van der Waals surface area contributed by atoms with Gasteiger partial charge in [-0.15, -0.1) is 0 Å². The molecule has 0 aliphatic heterocycles. The van der Waals surface area contributed by atoms with Gasteiger partial charge in [0.15, 0.2) is 5.69 Å². The molecule has 102 valence electrons. The molecule has 1 heterocycles. The molecule has 0 atom stereocenters. The maximum Gasteiger partial charge on any atom is 0.357 e. The van der Waals surface area contributed by atoms with Crippen LogP contribution in [0.2, 0.25) is 0 Å². The van der Waals surface area contributed by atoms with Crippen molar-refractivity contribution < 1.29 is 9.53 Å². The topological polar surface area (TPSA) is 52.1 Å². The van der Waals surface area contributed by atoms with Crippen LogP contribution in [0.25, 0.3) is 11.1 Å². The number of nitrogens with zero attached hydrogens (tertiary/aromatic N) is 2. The maximum atomic E-state index is 12.0. The summed E-state index contributed by atoms with van der Waals surface area (Å²) in [6.07, 6.45) is 3.94. The van der Waals surface area contributed by atoms with Gasteiger partial charge in [-0.25, -0.2) is 14.8 Å². The molecule has 2 aromatic rings. The van der Waals surface area contributed by atoms with Crippen molar-refractivity contribution in [1.29, 1.82) is 0 Å². The Labute approximate surface area is 130 Å². The van der Waals surface area contributed by atoms with Crippen molar-refractivity contribution in [3.63, 3.8) is 0 Å². The van der Waals surface area contributed by atoms with Crippen LogP contribution in [-0.2, 0) is 4.74 Å². The lowest BCUT2D eigenvalue weighted by atomic mass is 10.1. The van der Waals surface area contributed by atoms with E-state index in [-0.39, 0.29) is 0 Å². The van der Waals surface area contributed by atoms with E-state index in [1.54, 1.807) is 6.20 Å². The summed E-state index contributed by atoms with van der Waals surface area (Å²) in [6.45, 7) is 0. The monoisotopic (exact) mass is 380 g/mol. The van der Waals surface area contributed by atoms with Crippen molar-refractivity contribution in [2.75, 3.05) is 7.11 Å². The Balaban J connectivity index is 2.14. The lowest BCUT2D eigenvalue weighted by molar-refractivity contribution is 0.0594. The third-order valence-electron chi connectivity index (χ3n) is 3.29. The van der Waals surface area contributed by atoms with Crippen molar-refractivity contribution in [2.24, 2.45) is 0 Å². The fraction of sp³-hybridized carbons (Fsp3) is 0.267. The predicted octanol–water partition coefficient (Wildman–Crippen LogP) is 3.41. The van der Waals surface area contributed by atoms with E-state index in [1.807, 2.05) is 24.3 Å². The molecule has 0 saturated heterocycles. The third-order valence-corrected chi connectivity index (χ3v) is 4.23. The van der Waals surface area contributed by atoms with Gasteiger partial charge in [-0.1, -0.05) is 18.2 Å². The molecule has 1 aromatic carbocycles. The highest BCUT2D eigenvalue weighted by Gasteiger charge is 2.28. The highest BCUT2D eigenvalue weighted by molar-refractivity contribution is 14.1. The van der Waals surface area contributed by atoms with Crippen molar-refractivity contribution in [2.45, 2.75) is 18.8 Å². The number of methoxy groups -OCH3 is 1. The average molecular weight is 380 g/mol. The summed E-state index contributed by atoms with van der Waals surface area (Å²) in [5.41, 5.74) is 2.04. The number of rotatable bonds is 3. The number of carbonyl (C=O) groups excluding carboxylic acids is 1. The van der Waals surface area contributed by atoms with Gasteiger partial charge in [0.25, 0.3) is 0 Å². The zero-order valence-electron chi connectivity index (χ0n) is 11.0. The summed E-state index contributed by atoms with van der Waals surface area (Å²) in [5.74, 6) is 0.742. The van der Waals surface area contributed by atoms with E-state index < -0.39 is 5.97 Å². The van der Waals surface area contributed by atoms with Crippen LogP contribution >= 0.6 is 22.6 Å². The Morgan fingerprint density at radius 1 is 1.30 bits per heavy atom. The van der Waals surface area contributed by atoms with Crippen LogP contribution in [0.5, 0.6) is 0 Å². The number of benzene rings is 1. The van der Waals surface area contributed by atoms with Crippen LogP contribution in [0.4, 0.5) is 0 Å². The molecule has 20 heavy (non-hydrogen) atoms. The minimum atomic E-state index is -0.413. The predicted molar refractivity (Wildman–Crippen MR) is 83.5 cm³/mol. The second-order valence-electron chi connectivity index (χ2n) is 4.74. The molecule has 0 N–H and O–H groups in total. The van der Waals surface area contributed by atoms with Crippen LogP contribution in [0.15, 0.2) is 30.5 Å². The maximum absolute atomic E-state index is 12.0. The summed E-state index contributed by atoms with van der Waals surface area (Å²) in [6, 6.07) is 7.85. The Bertz CT molecular complexity index is 669. The summed E-state index contributed by atoms with van der Waals surface area (Å²) in [7, 11) is 1.38. The second-order valence-corrected chi connectivity index (χ2v) is 5.90. The number of halogens is 1. The Morgan fingerprint density at radius 3 is 2.70 bits per heavy atom. The van der Waals surface area contributed by atoms with E-state index in [1.165, 1.54) is 7.11 Å². The van der Waals surface area contributed by atoms with Gasteiger partial charge in [0, 0.05) is 21.2 Å². The molecule has 1 fully saturated rings. The van der Waals surface area contributed by atoms with Gasteiger partial charge < -0.3 is 4.74 Å². The molecule has 5 heteroatoms. The highest BCUT2D eigenvalue weighted by atomic mass is 127. The average Bonchev–Trinajstić information content (AvgIpc) is 3.31. The van der Waals surface area contributed by atoms with E-state index in [0.717, 1.165) is 33.4 Å². The minimum Gasteiger partial charge on any atom is -0.464 e. The van der Waals surface area contributed by atoms with Crippen LogP contribution in [0.1, 0.15) is 35.1 Å². The van der Waals surface area contributed by atoms with Gasteiger partial charge in [0.2, 0.25) is 0 Å². The van der Waals surface area contributed by atoms with E-state index in [4.69, 9.17) is 4.74 Å². The van der Waals surface area contributed by atoms with Crippen LogP contribution in [-0.4, -0.2) is 23.0 Å². The first-order valence-electron chi connectivity index (χ1n) is 6.41. The molecule has 1 aliphatic carbocycles. The van der Waals surface area contributed by atoms with Crippen LogP contribution < -0.4 is 0 Å². The first-order valence-corrected chi connectivity index (χ1v) is 7.48. The van der Waals surface area contributed by atoms with Gasteiger partial charge in [0.05, 0.1) is 7.11 Å². The lowest BCUT2D eigenvalue weighted by Gasteiger charge is -2.10. The van der Waals surface area contributed by atoms with Gasteiger partial charge in [0.1, 0.15) is 5.82 Å².